The van der Waals surface area contributed by atoms with E-state index in [1.807, 2.05) is 0 Å². The molecule has 0 bridgehead atoms. The number of ether oxygens (including phenoxy) is 1. The standard InChI is InChI=1S/C24H29F4N3O3S/c1-5-35(29,33)30-21-19(31(14-24(21,27)28)22(32)34-23(2,3)4)13-16-9-7-11-18(20(16)26)15-8-6-10-17(25)12-15/h6-12,19,21H,5,13-14H2,1-4H3,(H2,29,30,33)/t19-,21+,35?/m0/s1. The largest absolute Gasteiger partial charge is 0.444 e. The molecule has 0 saturated carbocycles. The molecular formula is C24H29F4N3O3S. The van der Waals surface area contributed by atoms with E-state index < -0.39 is 57.8 Å². The second kappa shape index (κ2) is 9.77. The predicted molar refractivity (Wildman–Crippen MR) is 125 cm³/mol. The number of nitrogens with zero attached hydrogens (tertiary/aromatic N) is 1. The summed E-state index contributed by atoms with van der Waals surface area (Å²) in [5.41, 5.74) is -0.641. The van der Waals surface area contributed by atoms with Gasteiger partial charge < -0.3 is 4.74 Å². The zero-order chi connectivity index (χ0) is 26.2. The molecule has 2 aromatic rings. The number of nitrogens with one attached hydrogen (secondary N) is 2. The maximum Gasteiger partial charge on any atom is 0.410 e. The van der Waals surface area contributed by atoms with Gasteiger partial charge in [0.15, 0.2) is 0 Å². The highest BCUT2D eigenvalue weighted by molar-refractivity contribution is 7.90. The van der Waals surface area contributed by atoms with E-state index in [1.54, 1.807) is 20.8 Å². The molecule has 1 aliphatic rings. The summed E-state index contributed by atoms with van der Waals surface area (Å²) in [6, 6.07) is 6.39. The van der Waals surface area contributed by atoms with Gasteiger partial charge in [0.25, 0.3) is 5.92 Å². The van der Waals surface area contributed by atoms with Crippen molar-refractivity contribution in [1.29, 1.82) is 4.78 Å². The summed E-state index contributed by atoms with van der Waals surface area (Å²) < 4.78 is 87.2. The summed E-state index contributed by atoms with van der Waals surface area (Å²) in [5.74, 6) is -5.11. The molecule has 0 aliphatic carbocycles. The average molecular weight is 516 g/mol. The van der Waals surface area contributed by atoms with E-state index in [9.17, 15) is 13.4 Å². The Morgan fingerprint density at radius 1 is 1.23 bits per heavy atom. The number of likely N-dealkylation sites (tertiary alicyclic amines) is 1. The first-order valence-corrected chi connectivity index (χ1v) is 12.8. The molecule has 192 valence electrons. The van der Waals surface area contributed by atoms with E-state index in [0.29, 0.717) is 0 Å². The van der Waals surface area contributed by atoms with Gasteiger partial charge in [-0.2, -0.15) is 0 Å². The van der Waals surface area contributed by atoms with Crippen molar-refractivity contribution in [3.8, 4) is 11.1 Å². The van der Waals surface area contributed by atoms with E-state index in [4.69, 9.17) is 9.52 Å². The van der Waals surface area contributed by atoms with Crippen molar-refractivity contribution >= 4 is 16.0 Å². The summed E-state index contributed by atoms with van der Waals surface area (Å²) in [5, 5.41) is 0. The highest BCUT2D eigenvalue weighted by Crippen LogP contribution is 2.37. The third-order valence-corrected chi connectivity index (χ3v) is 7.06. The van der Waals surface area contributed by atoms with Crippen molar-refractivity contribution in [2.24, 2.45) is 0 Å². The first-order chi connectivity index (χ1) is 16.1. The number of halogens is 4. The highest BCUT2D eigenvalue weighted by atomic mass is 32.2. The molecule has 1 aliphatic heterocycles. The van der Waals surface area contributed by atoms with Crippen LogP contribution in [0, 0.1) is 16.4 Å². The minimum absolute atomic E-state index is 0.00259. The fraction of sp³-hybridized carbons (Fsp3) is 0.458. The topological polar surface area (TPSA) is 82.5 Å². The molecule has 2 N–H and O–H groups in total. The Morgan fingerprint density at radius 3 is 2.49 bits per heavy atom. The van der Waals surface area contributed by atoms with Gasteiger partial charge in [0.05, 0.1) is 12.6 Å². The van der Waals surface area contributed by atoms with Crippen LogP contribution in [0.3, 0.4) is 0 Å². The molecule has 0 spiro atoms. The lowest BCUT2D eigenvalue weighted by molar-refractivity contribution is -0.0121. The smallest absolute Gasteiger partial charge is 0.410 e. The molecular weight excluding hydrogens is 486 g/mol. The molecule has 1 saturated heterocycles. The first kappa shape index (κ1) is 26.9. The van der Waals surface area contributed by atoms with Gasteiger partial charge in [0.2, 0.25) is 0 Å². The summed E-state index contributed by atoms with van der Waals surface area (Å²) in [6.07, 6.45) is -1.40. The summed E-state index contributed by atoms with van der Waals surface area (Å²) in [6.45, 7) is 5.12. The van der Waals surface area contributed by atoms with Crippen LogP contribution < -0.4 is 4.72 Å². The Morgan fingerprint density at radius 2 is 1.89 bits per heavy atom. The third-order valence-electron chi connectivity index (χ3n) is 5.62. The van der Waals surface area contributed by atoms with E-state index in [2.05, 4.69) is 4.72 Å². The summed E-state index contributed by atoms with van der Waals surface area (Å²) in [4.78, 5) is 13.6. The Bertz CT molecular complexity index is 1200. The van der Waals surface area contributed by atoms with Crippen molar-refractivity contribution in [2.75, 3.05) is 12.3 Å². The van der Waals surface area contributed by atoms with E-state index >= 15 is 13.2 Å². The van der Waals surface area contributed by atoms with E-state index in [0.717, 1.165) is 11.0 Å². The van der Waals surface area contributed by atoms with Crippen LogP contribution in [0.5, 0.6) is 0 Å². The molecule has 0 radical (unpaired) electrons. The van der Waals surface area contributed by atoms with Crippen LogP contribution in [-0.4, -0.2) is 51.1 Å². The fourth-order valence-corrected chi connectivity index (χ4v) is 4.85. The second-order valence-electron chi connectivity index (χ2n) is 9.49. The van der Waals surface area contributed by atoms with Crippen LogP contribution in [0.4, 0.5) is 22.4 Å². The number of hydrogen-bond acceptors (Lipinski definition) is 4. The quantitative estimate of drug-likeness (QED) is 0.508. The van der Waals surface area contributed by atoms with Gasteiger partial charge in [-0.05, 0) is 50.5 Å². The van der Waals surface area contributed by atoms with Gasteiger partial charge >= 0.3 is 6.09 Å². The maximum atomic E-state index is 15.5. The van der Waals surface area contributed by atoms with Crippen LogP contribution in [0.1, 0.15) is 33.3 Å². The number of carbonyl (C=O) groups is 1. The maximum absolute atomic E-state index is 15.5. The predicted octanol–water partition coefficient (Wildman–Crippen LogP) is 5.37. The summed E-state index contributed by atoms with van der Waals surface area (Å²) >= 11 is 0. The molecule has 3 rings (SSSR count). The molecule has 6 nitrogen and oxygen atoms in total. The van der Waals surface area contributed by atoms with Crippen LogP contribution >= 0.6 is 0 Å². The van der Waals surface area contributed by atoms with Crippen molar-refractivity contribution in [2.45, 2.75) is 57.7 Å². The Hall–Kier alpha value is -2.66. The van der Waals surface area contributed by atoms with Gasteiger partial charge in [0, 0.05) is 11.3 Å². The van der Waals surface area contributed by atoms with Gasteiger partial charge in [-0.25, -0.2) is 36.1 Å². The van der Waals surface area contributed by atoms with Gasteiger partial charge in [-0.15, -0.1) is 0 Å². The van der Waals surface area contributed by atoms with E-state index in [-0.39, 0.29) is 28.9 Å². The lowest BCUT2D eigenvalue weighted by atomic mass is 9.95. The van der Waals surface area contributed by atoms with Crippen LogP contribution in [0.15, 0.2) is 42.5 Å². The van der Waals surface area contributed by atoms with Crippen molar-refractivity contribution in [3.05, 3.63) is 59.7 Å². The van der Waals surface area contributed by atoms with Gasteiger partial charge in [-0.3, -0.25) is 4.90 Å². The molecule has 1 amide bonds. The van der Waals surface area contributed by atoms with E-state index in [1.165, 1.54) is 43.3 Å². The number of benzene rings is 2. The second-order valence-corrected chi connectivity index (χ2v) is 11.7. The Kier molecular flexibility index (Phi) is 7.52. The number of amides is 1. The van der Waals surface area contributed by atoms with Gasteiger partial charge in [0.1, 0.15) is 33.2 Å². The number of hydrogen-bond donors (Lipinski definition) is 2. The first-order valence-electron chi connectivity index (χ1n) is 11.1. The molecule has 35 heavy (non-hydrogen) atoms. The molecule has 2 aromatic carbocycles. The normalized spacial score (nSPS) is 21.5. The molecule has 3 atom stereocenters. The van der Waals surface area contributed by atoms with Crippen molar-refractivity contribution in [3.63, 3.8) is 0 Å². The van der Waals surface area contributed by atoms with Crippen LogP contribution in [0.25, 0.3) is 11.1 Å². The molecule has 11 heteroatoms. The fourth-order valence-electron chi connectivity index (χ4n) is 3.95. The monoisotopic (exact) mass is 515 g/mol. The van der Waals surface area contributed by atoms with Crippen LogP contribution in [0.2, 0.25) is 0 Å². The Labute approximate surface area is 202 Å². The molecule has 0 aromatic heterocycles. The molecule has 1 fully saturated rings. The minimum Gasteiger partial charge on any atom is -0.444 e. The van der Waals surface area contributed by atoms with Crippen LogP contribution in [-0.2, 0) is 21.1 Å². The zero-order valence-corrected chi connectivity index (χ0v) is 20.7. The molecule has 1 unspecified atom stereocenters. The zero-order valence-electron chi connectivity index (χ0n) is 19.9. The lowest BCUT2D eigenvalue weighted by Crippen LogP contribution is -2.52. The van der Waals surface area contributed by atoms with Crippen molar-refractivity contribution in [1.82, 2.24) is 9.62 Å². The Balaban J connectivity index is 2.04. The minimum atomic E-state index is -3.59. The number of rotatable bonds is 6. The average Bonchev–Trinajstić information content (AvgIpc) is 2.98. The van der Waals surface area contributed by atoms with Gasteiger partial charge in [-0.1, -0.05) is 37.3 Å². The van der Waals surface area contributed by atoms with Crippen molar-refractivity contribution < 1.29 is 31.3 Å². The third kappa shape index (κ3) is 6.32. The number of carbonyl (C=O) groups excluding carboxylic acids is 1. The summed E-state index contributed by atoms with van der Waals surface area (Å²) in [7, 11) is -3.59. The highest BCUT2D eigenvalue weighted by Gasteiger charge is 2.57. The molecule has 1 heterocycles. The lowest BCUT2D eigenvalue weighted by Gasteiger charge is -2.31. The number of alkyl halides is 2. The SMILES string of the molecule is CCS(=N)(=O)N[C@@H]1[C@H](Cc2cccc(-c3cccc(F)c3)c2F)N(C(=O)OC(C)(C)C)CC1(F)F.